The molecule has 0 saturated carbocycles. The standard InChI is InChI=1S/C18H24N4O5/c1-11(2)21-17(25)20-10-13-4-6-14(7-5-13)16(24)27-12(3)15(23)22-9-8-19-18(22)26/h4-7,11-12H,8-10H2,1-3H3,(H,19,26)(H2,20,21,25)/t12-/m0/s1. The molecule has 2 rings (SSSR count). The number of rotatable bonds is 6. The topological polar surface area (TPSA) is 117 Å². The number of esters is 1. The molecule has 1 aliphatic heterocycles. The predicted octanol–water partition coefficient (Wildman–Crippen LogP) is 0.991. The molecule has 0 unspecified atom stereocenters. The maximum Gasteiger partial charge on any atom is 0.338 e. The van der Waals surface area contributed by atoms with Gasteiger partial charge in [-0.2, -0.15) is 0 Å². The van der Waals surface area contributed by atoms with E-state index < -0.39 is 24.0 Å². The number of carbonyl (C=O) groups is 4. The summed E-state index contributed by atoms with van der Waals surface area (Å²) in [6, 6.07) is 5.77. The summed E-state index contributed by atoms with van der Waals surface area (Å²) in [6.07, 6.45) is -1.07. The minimum Gasteiger partial charge on any atom is -0.449 e. The minimum absolute atomic E-state index is 0.0403. The largest absolute Gasteiger partial charge is 0.449 e. The monoisotopic (exact) mass is 376 g/mol. The number of urea groups is 2. The van der Waals surface area contributed by atoms with E-state index in [-0.39, 0.29) is 24.2 Å². The number of imide groups is 1. The van der Waals surface area contributed by atoms with Gasteiger partial charge in [0.25, 0.3) is 5.91 Å². The van der Waals surface area contributed by atoms with Crippen molar-refractivity contribution in [1.29, 1.82) is 0 Å². The van der Waals surface area contributed by atoms with Crippen molar-refractivity contribution in [3.05, 3.63) is 35.4 Å². The van der Waals surface area contributed by atoms with Gasteiger partial charge in [0.2, 0.25) is 0 Å². The molecular weight excluding hydrogens is 352 g/mol. The van der Waals surface area contributed by atoms with Gasteiger partial charge >= 0.3 is 18.0 Å². The lowest BCUT2D eigenvalue weighted by Crippen LogP contribution is -2.41. The number of nitrogens with one attached hydrogen (secondary N) is 3. The smallest absolute Gasteiger partial charge is 0.338 e. The van der Waals surface area contributed by atoms with Crippen LogP contribution in [0, 0.1) is 0 Å². The number of hydrogen-bond acceptors (Lipinski definition) is 5. The van der Waals surface area contributed by atoms with E-state index in [0.29, 0.717) is 13.1 Å². The molecule has 1 atom stereocenters. The Labute approximate surface area is 157 Å². The third-order valence-corrected chi connectivity index (χ3v) is 3.82. The molecule has 27 heavy (non-hydrogen) atoms. The van der Waals surface area contributed by atoms with Gasteiger partial charge < -0.3 is 20.7 Å². The Morgan fingerprint density at radius 3 is 2.41 bits per heavy atom. The van der Waals surface area contributed by atoms with Gasteiger partial charge in [0.05, 0.1) is 5.56 Å². The molecule has 1 aromatic carbocycles. The fourth-order valence-corrected chi connectivity index (χ4v) is 2.43. The van der Waals surface area contributed by atoms with Gasteiger partial charge in [-0.3, -0.25) is 9.69 Å². The first kappa shape index (κ1) is 20.2. The predicted molar refractivity (Wildman–Crippen MR) is 96.9 cm³/mol. The first-order valence-electron chi connectivity index (χ1n) is 8.71. The van der Waals surface area contributed by atoms with E-state index in [1.165, 1.54) is 6.92 Å². The van der Waals surface area contributed by atoms with E-state index in [1.807, 2.05) is 13.8 Å². The third kappa shape index (κ3) is 5.70. The second-order valence-corrected chi connectivity index (χ2v) is 6.45. The van der Waals surface area contributed by atoms with Crippen molar-refractivity contribution in [2.75, 3.05) is 13.1 Å². The van der Waals surface area contributed by atoms with Crippen molar-refractivity contribution in [2.45, 2.75) is 39.5 Å². The fourth-order valence-electron chi connectivity index (χ4n) is 2.43. The molecule has 9 heteroatoms. The second kappa shape index (κ2) is 9.02. The summed E-state index contributed by atoms with van der Waals surface area (Å²) in [5.41, 5.74) is 1.08. The zero-order chi connectivity index (χ0) is 20.0. The molecule has 9 nitrogen and oxygen atoms in total. The van der Waals surface area contributed by atoms with Crippen LogP contribution in [0.5, 0.6) is 0 Å². The summed E-state index contributed by atoms with van der Waals surface area (Å²) in [5, 5.41) is 7.94. The van der Waals surface area contributed by atoms with Crippen molar-refractivity contribution in [2.24, 2.45) is 0 Å². The normalized spacial score (nSPS) is 14.5. The molecule has 0 spiro atoms. The average molecular weight is 376 g/mol. The molecular formula is C18H24N4O5. The Morgan fingerprint density at radius 1 is 1.19 bits per heavy atom. The zero-order valence-electron chi connectivity index (χ0n) is 15.6. The summed E-state index contributed by atoms with van der Waals surface area (Å²) in [7, 11) is 0. The van der Waals surface area contributed by atoms with E-state index in [2.05, 4.69) is 16.0 Å². The molecule has 1 aromatic rings. The Kier molecular flexibility index (Phi) is 6.75. The molecule has 1 heterocycles. The van der Waals surface area contributed by atoms with Crippen molar-refractivity contribution in [1.82, 2.24) is 20.9 Å². The Bertz CT molecular complexity index is 717. The van der Waals surface area contributed by atoms with Gasteiger partial charge in [-0.05, 0) is 38.5 Å². The number of amides is 5. The molecule has 0 aromatic heterocycles. The summed E-state index contributed by atoms with van der Waals surface area (Å²) in [5.74, 6) is -1.22. The van der Waals surface area contributed by atoms with Gasteiger partial charge in [0.1, 0.15) is 0 Å². The molecule has 0 aliphatic carbocycles. The van der Waals surface area contributed by atoms with E-state index in [0.717, 1.165) is 10.5 Å². The lowest BCUT2D eigenvalue weighted by atomic mass is 10.1. The summed E-state index contributed by atoms with van der Waals surface area (Å²) in [4.78, 5) is 48.4. The van der Waals surface area contributed by atoms with Crippen LogP contribution in [0.15, 0.2) is 24.3 Å². The van der Waals surface area contributed by atoms with Crippen molar-refractivity contribution < 1.29 is 23.9 Å². The Hall–Kier alpha value is -3.10. The fraction of sp³-hybridized carbons (Fsp3) is 0.444. The molecule has 0 bridgehead atoms. The van der Waals surface area contributed by atoms with Crippen LogP contribution in [0.1, 0.15) is 36.7 Å². The van der Waals surface area contributed by atoms with Gasteiger partial charge in [0.15, 0.2) is 6.10 Å². The molecule has 3 N–H and O–H groups in total. The van der Waals surface area contributed by atoms with Crippen LogP contribution in [-0.4, -0.2) is 54.1 Å². The number of carbonyl (C=O) groups excluding carboxylic acids is 4. The highest BCUT2D eigenvalue weighted by atomic mass is 16.5. The molecule has 1 fully saturated rings. The molecule has 1 aliphatic rings. The summed E-state index contributed by atoms with van der Waals surface area (Å²) in [6.45, 7) is 6.11. The Morgan fingerprint density at radius 2 is 1.85 bits per heavy atom. The summed E-state index contributed by atoms with van der Waals surface area (Å²) >= 11 is 0. The third-order valence-electron chi connectivity index (χ3n) is 3.82. The highest BCUT2D eigenvalue weighted by Gasteiger charge is 2.31. The average Bonchev–Trinajstić information content (AvgIpc) is 3.05. The van der Waals surface area contributed by atoms with E-state index in [9.17, 15) is 19.2 Å². The highest BCUT2D eigenvalue weighted by Crippen LogP contribution is 2.10. The number of ether oxygens (including phenoxy) is 1. The van der Waals surface area contributed by atoms with Crippen LogP contribution >= 0.6 is 0 Å². The quantitative estimate of drug-likeness (QED) is 0.640. The van der Waals surface area contributed by atoms with Crippen LogP contribution < -0.4 is 16.0 Å². The SMILES string of the molecule is CC(C)NC(=O)NCc1ccc(C(=O)O[C@@H](C)C(=O)N2CCNC2=O)cc1. The number of hydrogen-bond donors (Lipinski definition) is 3. The first-order valence-corrected chi connectivity index (χ1v) is 8.71. The van der Waals surface area contributed by atoms with Gasteiger partial charge in [-0.15, -0.1) is 0 Å². The van der Waals surface area contributed by atoms with Gasteiger partial charge in [0, 0.05) is 25.7 Å². The lowest BCUT2D eigenvalue weighted by molar-refractivity contribution is -0.136. The van der Waals surface area contributed by atoms with Crippen LogP contribution in [0.25, 0.3) is 0 Å². The lowest BCUT2D eigenvalue weighted by Gasteiger charge is -2.18. The molecule has 1 saturated heterocycles. The van der Waals surface area contributed by atoms with Crippen LogP contribution in [0.2, 0.25) is 0 Å². The second-order valence-electron chi connectivity index (χ2n) is 6.45. The number of benzene rings is 1. The van der Waals surface area contributed by atoms with Gasteiger partial charge in [-0.25, -0.2) is 14.4 Å². The maximum absolute atomic E-state index is 12.2. The minimum atomic E-state index is -1.07. The first-order chi connectivity index (χ1) is 12.8. The summed E-state index contributed by atoms with van der Waals surface area (Å²) < 4.78 is 5.15. The van der Waals surface area contributed by atoms with Crippen molar-refractivity contribution in [3.8, 4) is 0 Å². The van der Waals surface area contributed by atoms with Crippen molar-refractivity contribution in [3.63, 3.8) is 0 Å². The van der Waals surface area contributed by atoms with E-state index in [1.54, 1.807) is 24.3 Å². The molecule has 5 amide bonds. The van der Waals surface area contributed by atoms with Crippen LogP contribution in [-0.2, 0) is 16.1 Å². The Balaban J connectivity index is 1.86. The van der Waals surface area contributed by atoms with Crippen LogP contribution in [0.3, 0.4) is 0 Å². The maximum atomic E-state index is 12.2. The molecule has 146 valence electrons. The highest BCUT2D eigenvalue weighted by molar-refractivity contribution is 5.99. The number of nitrogens with zero attached hydrogens (tertiary/aromatic N) is 1. The molecule has 0 radical (unpaired) electrons. The zero-order valence-corrected chi connectivity index (χ0v) is 15.6. The van der Waals surface area contributed by atoms with Gasteiger partial charge in [-0.1, -0.05) is 12.1 Å². The van der Waals surface area contributed by atoms with E-state index >= 15 is 0 Å². The van der Waals surface area contributed by atoms with E-state index in [4.69, 9.17) is 4.74 Å². The van der Waals surface area contributed by atoms with Crippen molar-refractivity contribution >= 4 is 23.9 Å². The van der Waals surface area contributed by atoms with Crippen LogP contribution in [0.4, 0.5) is 9.59 Å².